The van der Waals surface area contributed by atoms with Crippen molar-refractivity contribution in [1.29, 1.82) is 0 Å². The molecule has 2 aromatic heterocycles. The van der Waals surface area contributed by atoms with Crippen LogP contribution in [0.2, 0.25) is 0 Å². The van der Waals surface area contributed by atoms with Gasteiger partial charge in [0, 0.05) is 11.9 Å². The fraction of sp³-hybridized carbons (Fsp3) is 0.167. The third-order valence-corrected chi connectivity index (χ3v) is 5.61. The Balaban J connectivity index is 1.60. The van der Waals surface area contributed by atoms with Gasteiger partial charge in [-0.2, -0.15) is 0 Å². The SMILES string of the molecule is CCOc1ccc(CNC(=O)c2cc(-c3cccs3)nc3ccccc23)cc1OC. The lowest BCUT2D eigenvalue weighted by atomic mass is 10.1. The standard InChI is InChI=1S/C24H22N2O3S/c1-3-29-21-11-10-16(13-22(21)28-2)15-25-24(27)18-14-20(23-9-6-12-30-23)26-19-8-5-4-7-17(18)19/h4-14H,3,15H2,1-2H3,(H,25,27). The predicted molar refractivity (Wildman–Crippen MR) is 120 cm³/mol. The second-order valence-corrected chi connectivity index (χ2v) is 7.60. The van der Waals surface area contributed by atoms with Gasteiger partial charge in [-0.05, 0) is 48.2 Å². The molecule has 0 unspecified atom stereocenters. The van der Waals surface area contributed by atoms with Crippen LogP contribution in [0.3, 0.4) is 0 Å². The lowest BCUT2D eigenvalue weighted by molar-refractivity contribution is 0.0952. The molecule has 0 saturated heterocycles. The number of carbonyl (C=O) groups excluding carboxylic acids is 1. The molecule has 1 amide bonds. The lowest BCUT2D eigenvalue weighted by Gasteiger charge is -2.12. The molecular formula is C24H22N2O3S. The van der Waals surface area contributed by atoms with E-state index in [2.05, 4.69) is 5.32 Å². The molecule has 0 saturated carbocycles. The van der Waals surface area contributed by atoms with Crippen molar-refractivity contribution >= 4 is 28.1 Å². The van der Waals surface area contributed by atoms with E-state index in [0.717, 1.165) is 27.0 Å². The van der Waals surface area contributed by atoms with Crippen LogP contribution in [0.5, 0.6) is 11.5 Å². The van der Waals surface area contributed by atoms with Gasteiger partial charge >= 0.3 is 0 Å². The molecule has 2 heterocycles. The van der Waals surface area contributed by atoms with Crippen molar-refractivity contribution in [2.45, 2.75) is 13.5 Å². The first-order valence-corrected chi connectivity index (χ1v) is 10.6. The van der Waals surface area contributed by atoms with Crippen LogP contribution in [0.15, 0.2) is 66.0 Å². The summed E-state index contributed by atoms with van der Waals surface area (Å²) in [5.74, 6) is 1.20. The number of carbonyl (C=O) groups is 1. The van der Waals surface area contributed by atoms with Gasteiger partial charge in [0.15, 0.2) is 11.5 Å². The van der Waals surface area contributed by atoms with Gasteiger partial charge in [-0.25, -0.2) is 4.98 Å². The quantitative estimate of drug-likeness (QED) is 0.442. The van der Waals surface area contributed by atoms with E-state index in [1.165, 1.54) is 0 Å². The minimum absolute atomic E-state index is 0.140. The van der Waals surface area contributed by atoms with Crippen LogP contribution in [0.25, 0.3) is 21.5 Å². The number of rotatable bonds is 7. The second kappa shape index (κ2) is 8.97. The van der Waals surface area contributed by atoms with Gasteiger partial charge in [0.25, 0.3) is 5.91 Å². The molecule has 0 spiro atoms. The van der Waals surface area contributed by atoms with Gasteiger partial charge in [-0.3, -0.25) is 4.79 Å². The fourth-order valence-electron chi connectivity index (χ4n) is 3.29. The van der Waals surface area contributed by atoms with Crippen molar-refractivity contribution in [2.24, 2.45) is 0 Å². The number of benzene rings is 2. The highest BCUT2D eigenvalue weighted by molar-refractivity contribution is 7.13. The van der Waals surface area contributed by atoms with Gasteiger partial charge in [0.1, 0.15) is 0 Å². The second-order valence-electron chi connectivity index (χ2n) is 6.65. The van der Waals surface area contributed by atoms with E-state index in [1.54, 1.807) is 18.4 Å². The summed E-state index contributed by atoms with van der Waals surface area (Å²) in [6, 6.07) is 19.2. The Bertz CT molecular complexity index is 1170. The van der Waals surface area contributed by atoms with Gasteiger partial charge in [-0.1, -0.05) is 30.3 Å². The largest absolute Gasteiger partial charge is 0.493 e. The number of amides is 1. The average Bonchev–Trinajstić information content (AvgIpc) is 3.32. The summed E-state index contributed by atoms with van der Waals surface area (Å²) in [6.07, 6.45) is 0. The highest BCUT2D eigenvalue weighted by atomic mass is 32.1. The van der Waals surface area contributed by atoms with Crippen molar-refractivity contribution in [2.75, 3.05) is 13.7 Å². The number of hydrogen-bond acceptors (Lipinski definition) is 5. The zero-order valence-corrected chi connectivity index (χ0v) is 17.7. The number of nitrogens with one attached hydrogen (secondary N) is 1. The smallest absolute Gasteiger partial charge is 0.252 e. The first-order valence-electron chi connectivity index (χ1n) is 9.71. The van der Waals surface area contributed by atoms with Gasteiger partial charge in [0.05, 0.1) is 35.4 Å². The molecule has 5 nitrogen and oxygen atoms in total. The number of aromatic nitrogens is 1. The van der Waals surface area contributed by atoms with E-state index in [1.807, 2.05) is 73.0 Å². The lowest BCUT2D eigenvalue weighted by Crippen LogP contribution is -2.23. The Morgan fingerprint density at radius 1 is 1.07 bits per heavy atom. The van der Waals surface area contributed by atoms with Gasteiger partial charge in [-0.15, -0.1) is 11.3 Å². The monoisotopic (exact) mass is 418 g/mol. The zero-order valence-electron chi connectivity index (χ0n) is 16.8. The number of hydrogen-bond donors (Lipinski definition) is 1. The molecule has 2 aromatic carbocycles. The highest BCUT2D eigenvalue weighted by Gasteiger charge is 2.15. The molecule has 0 bridgehead atoms. The molecular weight excluding hydrogens is 396 g/mol. The molecule has 4 rings (SSSR count). The molecule has 4 aromatic rings. The van der Waals surface area contributed by atoms with E-state index in [-0.39, 0.29) is 5.91 Å². The van der Waals surface area contributed by atoms with Crippen molar-refractivity contribution in [3.8, 4) is 22.1 Å². The summed E-state index contributed by atoms with van der Waals surface area (Å²) in [7, 11) is 1.61. The van der Waals surface area contributed by atoms with Crippen LogP contribution < -0.4 is 14.8 Å². The number of fused-ring (bicyclic) bond motifs is 1. The number of nitrogens with zero attached hydrogens (tertiary/aromatic N) is 1. The molecule has 0 aliphatic heterocycles. The molecule has 0 radical (unpaired) electrons. The third kappa shape index (κ3) is 4.14. The summed E-state index contributed by atoms with van der Waals surface area (Å²) in [6.45, 7) is 2.87. The van der Waals surface area contributed by atoms with E-state index in [9.17, 15) is 4.79 Å². The molecule has 0 fully saturated rings. The fourth-order valence-corrected chi connectivity index (χ4v) is 3.97. The Labute approximate surface area is 179 Å². The van der Waals surface area contributed by atoms with Crippen LogP contribution in [0.1, 0.15) is 22.8 Å². The van der Waals surface area contributed by atoms with Crippen molar-refractivity contribution in [1.82, 2.24) is 10.3 Å². The van der Waals surface area contributed by atoms with Crippen molar-refractivity contribution in [3.05, 3.63) is 77.2 Å². The van der Waals surface area contributed by atoms with Crippen LogP contribution >= 0.6 is 11.3 Å². The Kier molecular flexibility index (Phi) is 5.95. The molecule has 0 atom stereocenters. The molecule has 0 aliphatic rings. The maximum Gasteiger partial charge on any atom is 0.252 e. The van der Waals surface area contributed by atoms with Crippen molar-refractivity contribution in [3.63, 3.8) is 0 Å². The van der Waals surface area contributed by atoms with Crippen molar-refractivity contribution < 1.29 is 14.3 Å². The van der Waals surface area contributed by atoms with Crippen LogP contribution in [-0.4, -0.2) is 24.6 Å². The number of pyridine rings is 1. The topological polar surface area (TPSA) is 60.5 Å². The summed E-state index contributed by atoms with van der Waals surface area (Å²) in [4.78, 5) is 18.8. The van der Waals surface area contributed by atoms with Gasteiger partial charge in [0.2, 0.25) is 0 Å². The van der Waals surface area contributed by atoms with E-state index >= 15 is 0 Å². The Morgan fingerprint density at radius 2 is 1.93 bits per heavy atom. The summed E-state index contributed by atoms with van der Waals surface area (Å²) >= 11 is 1.60. The summed E-state index contributed by atoms with van der Waals surface area (Å²) in [5.41, 5.74) is 3.15. The number of methoxy groups -OCH3 is 1. The number of thiophene rings is 1. The predicted octanol–water partition coefficient (Wildman–Crippen LogP) is 5.30. The summed E-state index contributed by atoms with van der Waals surface area (Å²) < 4.78 is 11.0. The van der Waals surface area contributed by atoms with Crippen LogP contribution in [0.4, 0.5) is 0 Å². The zero-order chi connectivity index (χ0) is 20.9. The maximum atomic E-state index is 13.1. The van der Waals surface area contributed by atoms with Crippen LogP contribution in [-0.2, 0) is 6.54 Å². The molecule has 30 heavy (non-hydrogen) atoms. The first-order chi connectivity index (χ1) is 14.7. The first kappa shape index (κ1) is 19.9. The molecule has 1 N–H and O–H groups in total. The van der Waals surface area contributed by atoms with Gasteiger partial charge < -0.3 is 14.8 Å². The minimum atomic E-state index is -0.140. The third-order valence-electron chi connectivity index (χ3n) is 4.72. The number of para-hydroxylation sites is 1. The molecule has 152 valence electrons. The van der Waals surface area contributed by atoms with E-state index in [4.69, 9.17) is 14.5 Å². The summed E-state index contributed by atoms with van der Waals surface area (Å²) in [5, 5.41) is 5.86. The van der Waals surface area contributed by atoms with E-state index < -0.39 is 0 Å². The highest BCUT2D eigenvalue weighted by Crippen LogP contribution is 2.29. The normalized spacial score (nSPS) is 10.7. The molecule has 6 heteroatoms. The average molecular weight is 419 g/mol. The Morgan fingerprint density at radius 3 is 2.70 bits per heavy atom. The maximum absolute atomic E-state index is 13.1. The number of ether oxygens (including phenoxy) is 2. The Hall–Kier alpha value is -3.38. The van der Waals surface area contributed by atoms with Crippen LogP contribution in [0, 0.1) is 0 Å². The molecule has 0 aliphatic carbocycles. The van der Waals surface area contributed by atoms with E-state index in [0.29, 0.717) is 30.2 Å². The minimum Gasteiger partial charge on any atom is -0.493 e.